The second-order valence-electron chi connectivity index (χ2n) is 7.51. The number of sulfonamides is 1. The molecule has 1 atom stereocenters. The number of hydrogen-bond donors (Lipinski definition) is 1. The number of nitrogens with one attached hydrogen (secondary N) is 1. The van der Waals surface area contributed by atoms with Crippen LogP contribution in [0.25, 0.3) is 10.8 Å². The van der Waals surface area contributed by atoms with Gasteiger partial charge in [-0.1, -0.05) is 42.5 Å². The molecule has 1 amide bonds. The Bertz CT molecular complexity index is 1160. The number of piperidine rings is 1. The van der Waals surface area contributed by atoms with Gasteiger partial charge in [-0.05, 0) is 53.4 Å². The minimum Gasteiger partial charge on any atom is -0.352 e. The molecule has 3 aromatic carbocycles. The molecule has 1 aliphatic heterocycles. The first-order valence-electron chi connectivity index (χ1n) is 9.95. The molecule has 5 nitrogen and oxygen atoms in total. The van der Waals surface area contributed by atoms with Crippen molar-refractivity contribution in [1.82, 2.24) is 9.62 Å². The minimum absolute atomic E-state index is 0.0423. The van der Waals surface area contributed by atoms with Crippen LogP contribution in [-0.4, -0.2) is 31.7 Å². The van der Waals surface area contributed by atoms with E-state index in [1.165, 1.54) is 16.4 Å². The van der Waals surface area contributed by atoms with Gasteiger partial charge in [0, 0.05) is 19.6 Å². The third-order valence-corrected chi connectivity index (χ3v) is 7.42. The number of carbonyl (C=O) groups excluding carboxylic acids is 1. The zero-order chi connectivity index (χ0) is 21.1. The first kappa shape index (κ1) is 20.5. The number of carbonyl (C=O) groups is 1. The Morgan fingerprint density at radius 3 is 2.57 bits per heavy atom. The van der Waals surface area contributed by atoms with Gasteiger partial charge in [-0.25, -0.2) is 12.8 Å². The summed E-state index contributed by atoms with van der Waals surface area (Å²) in [6.45, 7) is 0.870. The number of amides is 1. The molecule has 0 saturated carbocycles. The Balaban J connectivity index is 1.44. The molecule has 1 aliphatic rings. The van der Waals surface area contributed by atoms with Gasteiger partial charge < -0.3 is 5.32 Å². The molecule has 7 heteroatoms. The summed E-state index contributed by atoms with van der Waals surface area (Å²) >= 11 is 0. The molecule has 0 radical (unpaired) electrons. The van der Waals surface area contributed by atoms with Crippen molar-refractivity contribution in [3.63, 3.8) is 0 Å². The fourth-order valence-electron chi connectivity index (χ4n) is 3.90. The zero-order valence-electron chi connectivity index (χ0n) is 16.4. The second kappa shape index (κ2) is 8.53. The number of hydrogen-bond acceptors (Lipinski definition) is 3. The molecule has 3 aromatic rings. The van der Waals surface area contributed by atoms with Crippen LogP contribution in [0.1, 0.15) is 18.4 Å². The van der Waals surface area contributed by atoms with Crippen LogP contribution in [0, 0.1) is 11.7 Å². The number of fused-ring (bicyclic) bond motifs is 1. The van der Waals surface area contributed by atoms with Crippen molar-refractivity contribution in [1.29, 1.82) is 0 Å². The molecular weight excluding hydrogens is 403 g/mol. The van der Waals surface area contributed by atoms with Crippen molar-refractivity contribution < 1.29 is 17.6 Å². The van der Waals surface area contributed by atoms with Crippen molar-refractivity contribution in [2.75, 3.05) is 13.1 Å². The molecule has 4 rings (SSSR count). The van der Waals surface area contributed by atoms with Crippen molar-refractivity contribution in [2.45, 2.75) is 24.3 Å². The lowest BCUT2D eigenvalue weighted by atomic mass is 9.98. The average molecular weight is 427 g/mol. The third-order valence-electron chi connectivity index (χ3n) is 5.54. The third kappa shape index (κ3) is 4.22. The summed E-state index contributed by atoms with van der Waals surface area (Å²) in [6, 6.07) is 18.7. The van der Waals surface area contributed by atoms with E-state index in [2.05, 4.69) is 5.32 Å². The standard InChI is InChI=1S/C23H23FN2O3S/c24-20-10-12-21(13-11-20)30(28,29)26-14-4-8-19(16-26)23(27)25-15-18-7-3-6-17-5-1-2-9-22(17)18/h1-3,5-7,9-13,19H,4,8,14-16H2,(H,25,27)/t19-/m1/s1. The Hall–Kier alpha value is -2.77. The quantitative estimate of drug-likeness (QED) is 0.677. The Labute approximate surface area is 175 Å². The summed E-state index contributed by atoms with van der Waals surface area (Å²) in [5.41, 5.74) is 1.02. The van der Waals surface area contributed by atoms with Gasteiger partial charge in [0.2, 0.25) is 15.9 Å². The van der Waals surface area contributed by atoms with E-state index < -0.39 is 21.8 Å². The maximum Gasteiger partial charge on any atom is 0.243 e. The highest BCUT2D eigenvalue weighted by molar-refractivity contribution is 7.89. The Kier molecular flexibility index (Phi) is 5.83. The molecule has 0 bridgehead atoms. The van der Waals surface area contributed by atoms with Gasteiger partial charge in [-0.2, -0.15) is 4.31 Å². The molecule has 1 N–H and O–H groups in total. The SMILES string of the molecule is O=C(NCc1cccc2ccccc12)[C@@H]1CCCN(S(=O)(=O)c2ccc(F)cc2)C1. The van der Waals surface area contributed by atoms with E-state index in [0.717, 1.165) is 28.5 Å². The van der Waals surface area contributed by atoms with Crippen LogP contribution in [-0.2, 0) is 21.4 Å². The number of nitrogens with zero attached hydrogens (tertiary/aromatic N) is 1. The van der Waals surface area contributed by atoms with E-state index in [9.17, 15) is 17.6 Å². The maximum absolute atomic E-state index is 13.1. The van der Waals surface area contributed by atoms with E-state index in [1.54, 1.807) is 0 Å². The average Bonchev–Trinajstić information content (AvgIpc) is 2.78. The van der Waals surface area contributed by atoms with Crippen LogP contribution in [0.5, 0.6) is 0 Å². The zero-order valence-corrected chi connectivity index (χ0v) is 17.2. The Morgan fingerprint density at radius 2 is 1.77 bits per heavy atom. The number of rotatable bonds is 5. The molecule has 0 aromatic heterocycles. The van der Waals surface area contributed by atoms with Crippen LogP contribution >= 0.6 is 0 Å². The van der Waals surface area contributed by atoms with Crippen molar-refractivity contribution >= 4 is 26.7 Å². The first-order chi connectivity index (χ1) is 14.4. The summed E-state index contributed by atoms with van der Waals surface area (Å²) in [7, 11) is -3.75. The molecule has 30 heavy (non-hydrogen) atoms. The smallest absolute Gasteiger partial charge is 0.243 e. The molecule has 0 aliphatic carbocycles. The van der Waals surface area contributed by atoms with Crippen LogP contribution in [0.2, 0.25) is 0 Å². The molecule has 1 saturated heterocycles. The number of halogens is 1. The fourth-order valence-corrected chi connectivity index (χ4v) is 5.43. The van der Waals surface area contributed by atoms with Crippen molar-refractivity contribution in [3.05, 3.63) is 78.1 Å². The van der Waals surface area contributed by atoms with E-state index in [1.807, 2.05) is 42.5 Å². The summed E-state index contributed by atoms with van der Waals surface area (Å²) in [5, 5.41) is 5.17. The monoisotopic (exact) mass is 426 g/mol. The van der Waals surface area contributed by atoms with Gasteiger partial charge in [0.15, 0.2) is 0 Å². The Morgan fingerprint density at radius 1 is 1.03 bits per heavy atom. The lowest BCUT2D eigenvalue weighted by Crippen LogP contribution is -2.45. The minimum atomic E-state index is -3.75. The molecule has 1 heterocycles. The largest absolute Gasteiger partial charge is 0.352 e. The maximum atomic E-state index is 13.1. The van der Waals surface area contributed by atoms with Gasteiger partial charge in [0.25, 0.3) is 0 Å². The number of benzene rings is 3. The summed E-state index contributed by atoms with van der Waals surface area (Å²) in [6.07, 6.45) is 1.24. The molecule has 0 unspecified atom stereocenters. The second-order valence-corrected chi connectivity index (χ2v) is 9.45. The molecule has 156 valence electrons. The summed E-state index contributed by atoms with van der Waals surface area (Å²) in [4.78, 5) is 12.8. The van der Waals surface area contributed by atoms with Gasteiger partial charge in [-0.3, -0.25) is 4.79 Å². The molecular formula is C23H23FN2O3S. The van der Waals surface area contributed by atoms with Crippen LogP contribution in [0.15, 0.2) is 71.6 Å². The van der Waals surface area contributed by atoms with Gasteiger partial charge in [0.1, 0.15) is 5.82 Å². The highest BCUT2D eigenvalue weighted by Gasteiger charge is 2.33. The van der Waals surface area contributed by atoms with Gasteiger partial charge in [-0.15, -0.1) is 0 Å². The topological polar surface area (TPSA) is 66.5 Å². The summed E-state index contributed by atoms with van der Waals surface area (Å²) < 4.78 is 40.2. The highest BCUT2D eigenvalue weighted by Crippen LogP contribution is 2.24. The van der Waals surface area contributed by atoms with E-state index in [4.69, 9.17) is 0 Å². The predicted molar refractivity (Wildman–Crippen MR) is 114 cm³/mol. The van der Waals surface area contributed by atoms with Crippen molar-refractivity contribution in [3.8, 4) is 0 Å². The van der Waals surface area contributed by atoms with Crippen LogP contribution in [0.4, 0.5) is 4.39 Å². The molecule has 0 spiro atoms. The normalized spacial score (nSPS) is 17.7. The van der Waals surface area contributed by atoms with Crippen LogP contribution < -0.4 is 5.32 Å². The van der Waals surface area contributed by atoms with E-state index >= 15 is 0 Å². The summed E-state index contributed by atoms with van der Waals surface area (Å²) in [5.74, 6) is -1.05. The predicted octanol–water partition coefficient (Wildman–Crippen LogP) is 3.70. The highest BCUT2D eigenvalue weighted by atomic mass is 32.2. The van der Waals surface area contributed by atoms with Gasteiger partial charge >= 0.3 is 0 Å². The first-order valence-corrected chi connectivity index (χ1v) is 11.4. The fraction of sp³-hybridized carbons (Fsp3) is 0.261. The molecule has 1 fully saturated rings. The lowest BCUT2D eigenvalue weighted by molar-refractivity contribution is -0.126. The van der Waals surface area contributed by atoms with Gasteiger partial charge in [0.05, 0.1) is 10.8 Å². The van der Waals surface area contributed by atoms with Crippen LogP contribution in [0.3, 0.4) is 0 Å². The van der Waals surface area contributed by atoms with E-state index in [-0.39, 0.29) is 17.3 Å². The van der Waals surface area contributed by atoms with E-state index in [0.29, 0.717) is 25.9 Å². The van der Waals surface area contributed by atoms with Crippen molar-refractivity contribution in [2.24, 2.45) is 5.92 Å². The lowest BCUT2D eigenvalue weighted by Gasteiger charge is -2.31.